The van der Waals surface area contributed by atoms with Crippen molar-refractivity contribution < 1.29 is 14.3 Å². The molecule has 5 heteroatoms. The second kappa shape index (κ2) is 6.65. The van der Waals surface area contributed by atoms with Crippen molar-refractivity contribution >= 4 is 38.3 Å². The van der Waals surface area contributed by atoms with Gasteiger partial charge in [-0.15, -0.1) is 0 Å². The lowest BCUT2D eigenvalue weighted by molar-refractivity contribution is -0.116. The molecule has 1 N–H and O–H groups in total. The molecule has 0 bridgehead atoms. The van der Waals surface area contributed by atoms with Gasteiger partial charge >= 0.3 is 0 Å². The molecule has 0 aliphatic carbocycles. The van der Waals surface area contributed by atoms with Crippen LogP contribution in [-0.4, -0.2) is 20.1 Å². The lowest BCUT2D eigenvalue weighted by Crippen LogP contribution is -2.23. The first kappa shape index (κ1) is 16.9. The van der Waals surface area contributed by atoms with E-state index >= 15 is 0 Å². The number of fused-ring (bicyclic) bond motifs is 3. The lowest BCUT2D eigenvalue weighted by atomic mass is 9.82. The first-order valence-electron chi connectivity index (χ1n) is 8.35. The number of methoxy groups -OCH3 is 2. The fourth-order valence-electron chi connectivity index (χ4n) is 3.69. The second-order valence-corrected chi connectivity index (χ2v) is 7.15. The SMILES string of the molecule is COc1cc([C@@H]2CC(=O)Nc3ccc4ccccc4c32)cc(Br)c1OC. The molecule has 0 saturated carbocycles. The number of carbonyl (C=O) groups is 1. The molecule has 1 atom stereocenters. The van der Waals surface area contributed by atoms with Crippen LogP contribution in [-0.2, 0) is 4.79 Å². The first-order chi connectivity index (χ1) is 12.6. The lowest BCUT2D eigenvalue weighted by Gasteiger charge is -2.28. The van der Waals surface area contributed by atoms with Crippen LogP contribution in [0.3, 0.4) is 0 Å². The van der Waals surface area contributed by atoms with Gasteiger partial charge in [-0.25, -0.2) is 0 Å². The molecular weight excluding hydrogens is 394 g/mol. The maximum atomic E-state index is 12.3. The van der Waals surface area contributed by atoms with E-state index in [4.69, 9.17) is 9.47 Å². The van der Waals surface area contributed by atoms with Gasteiger partial charge in [-0.1, -0.05) is 30.3 Å². The minimum Gasteiger partial charge on any atom is -0.493 e. The van der Waals surface area contributed by atoms with Crippen molar-refractivity contribution in [3.05, 3.63) is 64.1 Å². The molecule has 132 valence electrons. The molecule has 0 radical (unpaired) electrons. The average molecular weight is 412 g/mol. The van der Waals surface area contributed by atoms with Crippen molar-refractivity contribution in [3.8, 4) is 11.5 Å². The number of hydrogen-bond donors (Lipinski definition) is 1. The Bertz CT molecular complexity index is 1020. The Morgan fingerprint density at radius 3 is 2.65 bits per heavy atom. The highest BCUT2D eigenvalue weighted by atomic mass is 79.9. The first-order valence-corrected chi connectivity index (χ1v) is 9.14. The number of benzene rings is 3. The molecular formula is C21H18BrNO3. The molecule has 3 aromatic carbocycles. The van der Waals surface area contributed by atoms with Gasteiger partial charge in [0, 0.05) is 18.0 Å². The molecule has 0 saturated heterocycles. The van der Waals surface area contributed by atoms with Gasteiger partial charge in [-0.05, 0) is 56.0 Å². The summed E-state index contributed by atoms with van der Waals surface area (Å²) in [6, 6.07) is 16.2. The van der Waals surface area contributed by atoms with E-state index in [1.165, 1.54) is 0 Å². The highest BCUT2D eigenvalue weighted by molar-refractivity contribution is 9.10. The quantitative estimate of drug-likeness (QED) is 0.652. The van der Waals surface area contributed by atoms with Crippen LogP contribution in [0.25, 0.3) is 10.8 Å². The van der Waals surface area contributed by atoms with E-state index in [0.29, 0.717) is 17.9 Å². The van der Waals surface area contributed by atoms with Crippen LogP contribution in [0.4, 0.5) is 5.69 Å². The van der Waals surface area contributed by atoms with Crippen molar-refractivity contribution in [1.82, 2.24) is 0 Å². The molecule has 1 aliphatic heterocycles. The molecule has 0 aromatic heterocycles. The minimum atomic E-state index is -0.0547. The van der Waals surface area contributed by atoms with Crippen LogP contribution < -0.4 is 14.8 Å². The van der Waals surface area contributed by atoms with Crippen molar-refractivity contribution in [2.45, 2.75) is 12.3 Å². The number of hydrogen-bond acceptors (Lipinski definition) is 3. The average Bonchev–Trinajstić information content (AvgIpc) is 2.66. The van der Waals surface area contributed by atoms with Crippen molar-refractivity contribution in [2.75, 3.05) is 19.5 Å². The predicted octanol–water partition coefficient (Wildman–Crippen LogP) is 5.09. The fourth-order valence-corrected chi connectivity index (χ4v) is 4.31. The minimum absolute atomic E-state index is 0.0173. The van der Waals surface area contributed by atoms with E-state index in [2.05, 4.69) is 33.4 Å². The third-order valence-electron chi connectivity index (χ3n) is 4.84. The summed E-state index contributed by atoms with van der Waals surface area (Å²) < 4.78 is 11.7. The number of carbonyl (C=O) groups excluding carboxylic acids is 1. The van der Waals surface area contributed by atoms with E-state index in [-0.39, 0.29) is 11.8 Å². The molecule has 0 fully saturated rings. The van der Waals surface area contributed by atoms with Crippen molar-refractivity contribution in [3.63, 3.8) is 0 Å². The predicted molar refractivity (Wildman–Crippen MR) is 106 cm³/mol. The Morgan fingerprint density at radius 2 is 1.88 bits per heavy atom. The summed E-state index contributed by atoms with van der Waals surface area (Å²) in [5.41, 5.74) is 3.03. The molecule has 4 nitrogen and oxygen atoms in total. The zero-order valence-corrected chi connectivity index (χ0v) is 16.1. The Balaban J connectivity index is 1.96. The van der Waals surface area contributed by atoms with Gasteiger partial charge in [0.1, 0.15) is 0 Å². The normalized spacial score (nSPS) is 16.1. The van der Waals surface area contributed by atoms with Crippen molar-refractivity contribution in [2.24, 2.45) is 0 Å². The van der Waals surface area contributed by atoms with E-state index < -0.39 is 0 Å². The molecule has 3 aromatic rings. The zero-order valence-electron chi connectivity index (χ0n) is 14.5. The highest BCUT2D eigenvalue weighted by Gasteiger charge is 2.29. The van der Waals surface area contributed by atoms with E-state index in [0.717, 1.165) is 32.1 Å². The maximum Gasteiger partial charge on any atom is 0.225 e. The molecule has 0 unspecified atom stereocenters. The van der Waals surface area contributed by atoms with Crippen molar-refractivity contribution in [1.29, 1.82) is 0 Å². The van der Waals surface area contributed by atoms with Crippen LogP contribution in [0, 0.1) is 0 Å². The summed E-state index contributed by atoms with van der Waals surface area (Å²) in [5, 5.41) is 5.32. The van der Waals surface area contributed by atoms with Gasteiger partial charge < -0.3 is 14.8 Å². The Kier molecular flexibility index (Phi) is 4.32. The Labute approximate surface area is 160 Å². The van der Waals surface area contributed by atoms with Crippen LogP contribution in [0.1, 0.15) is 23.5 Å². The molecule has 26 heavy (non-hydrogen) atoms. The van der Waals surface area contributed by atoms with Crippen LogP contribution in [0.5, 0.6) is 11.5 Å². The Morgan fingerprint density at radius 1 is 1.08 bits per heavy atom. The van der Waals surface area contributed by atoms with Gasteiger partial charge in [0.15, 0.2) is 11.5 Å². The summed E-state index contributed by atoms with van der Waals surface area (Å²) in [6.45, 7) is 0. The monoisotopic (exact) mass is 411 g/mol. The molecule has 4 rings (SSSR count). The summed E-state index contributed by atoms with van der Waals surface area (Å²) >= 11 is 3.56. The van der Waals surface area contributed by atoms with Gasteiger partial charge in [0.2, 0.25) is 5.91 Å². The number of anilines is 1. The van der Waals surface area contributed by atoms with Gasteiger partial charge in [0.05, 0.1) is 18.7 Å². The number of ether oxygens (including phenoxy) is 2. The highest BCUT2D eigenvalue weighted by Crippen LogP contribution is 2.45. The summed E-state index contributed by atoms with van der Waals surface area (Å²) in [4.78, 5) is 12.3. The summed E-state index contributed by atoms with van der Waals surface area (Å²) in [6.07, 6.45) is 0.392. The number of nitrogens with one attached hydrogen (secondary N) is 1. The third kappa shape index (κ3) is 2.72. The summed E-state index contributed by atoms with van der Waals surface area (Å²) in [7, 11) is 3.23. The molecule has 1 heterocycles. The standard InChI is InChI=1S/C21H18BrNO3/c1-25-18-10-13(9-16(22)21(18)26-2)15-11-19(24)23-17-8-7-12-5-3-4-6-14(12)20(15)17/h3-10,15H,11H2,1-2H3,(H,23,24)/t15-/m0/s1. The number of halogens is 1. The maximum absolute atomic E-state index is 12.3. The third-order valence-corrected chi connectivity index (χ3v) is 5.43. The smallest absolute Gasteiger partial charge is 0.225 e. The molecule has 1 amide bonds. The van der Waals surface area contributed by atoms with Gasteiger partial charge in [0.25, 0.3) is 0 Å². The molecule has 1 aliphatic rings. The van der Waals surface area contributed by atoms with E-state index in [1.807, 2.05) is 36.4 Å². The zero-order chi connectivity index (χ0) is 18.3. The topological polar surface area (TPSA) is 47.6 Å². The Hall–Kier alpha value is -2.53. The number of amides is 1. The van der Waals surface area contributed by atoms with Crippen LogP contribution in [0.15, 0.2) is 53.0 Å². The van der Waals surface area contributed by atoms with E-state index in [9.17, 15) is 4.79 Å². The number of rotatable bonds is 3. The van der Waals surface area contributed by atoms with Gasteiger partial charge in [-0.2, -0.15) is 0 Å². The second-order valence-electron chi connectivity index (χ2n) is 6.29. The van der Waals surface area contributed by atoms with Crippen LogP contribution in [0.2, 0.25) is 0 Å². The van der Waals surface area contributed by atoms with E-state index in [1.54, 1.807) is 14.2 Å². The van der Waals surface area contributed by atoms with Crippen LogP contribution >= 0.6 is 15.9 Å². The summed E-state index contributed by atoms with van der Waals surface area (Å²) in [5.74, 6) is 1.25. The van der Waals surface area contributed by atoms with Gasteiger partial charge in [-0.3, -0.25) is 4.79 Å². The fraction of sp³-hybridized carbons (Fsp3) is 0.190. The largest absolute Gasteiger partial charge is 0.493 e. The molecule has 0 spiro atoms.